The first-order valence-corrected chi connectivity index (χ1v) is 11.5. The molecule has 32 heavy (non-hydrogen) atoms. The molecule has 1 unspecified atom stereocenters. The molecule has 0 bridgehead atoms. The van der Waals surface area contributed by atoms with Crippen molar-refractivity contribution < 1.29 is 18.2 Å². The van der Waals surface area contributed by atoms with Crippen molar-refractivity contribution in [1.82, 2.24) is 34.2 Å². The van der Waals surface area contributed by atoms with Crippen LogP contribution in [0.1, 0.15) is 18.3 Å². The van der Waals surface area contributed by atoms with Gasteiger partial charge in [-0.3, -0.25) is 4.57 Å². The molecule has 5 rings (SSSR count). The van der Waals surface area contributed by atoms with Gasteiger partial charge in [0, 0.05) is 41.2 Å². The first-order chi connectivity index (χ1) is 15.3. The summed E-state index contributed by atoms with van der Waals surface area (Å²) in [4.78, 5) is 18.1. The Morgan fingerprint density at radius 2 is 1.88 bits per heavy atom. The van der Waals surface area contributed by atoms with E-state index in [2.05, 4.69) is 25.3 Å². The van der Waals surface area contributed by atoms with E-state index in [1.165, 1.54) is 47.3 Å². The third-order valence-corrected chi connectivity index (χ3v) is 7.12. The monoisotopic (exact) mass is 455 g/mol. The molecule has 0 aliphatic carbocycles. The summed E-state index contributed by atoms with van der Waals surface area (Å²) in [6, 6.07) is 9.00. The number of hydrogen-bond donors (Lipinski definition) is 1. The first-order valence-electron chi connectivity index (χ1n) is 9.62. The lowest BCUT2D eigenvalue weighted by Gasteiger charge is -2.15. The van der Waals surface area contributed by atoms with Gasteiger partial charge in [-0.25, -0.2) is 9.97 Å². The Kier molecular flexibility index (Phi) is 4.61. The number of nitrogens with zero attached hydrogens (tertiary/aromatic N) is 7. The number of hydrogen-bond acceptors (Lipinski definition) is 6. The van der Waals surface area contributed by atoms with Gasteiger partial charge in [0.1, 0.15) is 11.3 Å². The van der Waals surface area contributed by atoms with Crippen molar-refractivity contribution in [2.45, 2.75) is 12.8 Å². The quantitative estimate of drug-likeness (QED) is 0.406. The van der Waals surface area contributed by atoms with E-state index in [9.17, 15) is 9.46 Å². The average molecular weight is 455 g/mol. The van der Waals surface area contributed by atoms with Crippen molar-refractivity contribution >= 4 is 24.1 Å². The summed E-state index contributed by atoms with van der Waals surface area (Å²) in [7, 11) is -3.41. The van der Waals surface area contributed by atoms with Crippen LogP contribution >= 0.6 is 7.37 Å². The first kappa shape index (κ1) is 20.3. The molecule has 1 aromatic carbocycles. The molecule has 12 heteroatoms. The van der Waals surface area contributed by atoms with Gasteiger partial charge in [0.2, 0.25) is 13.2 Å². The summed E-state index contributed by atoms with van der Waals surface area (Å²) in [6.45, 7) is 1.63. The average Bonchev–Trinajstić information content (AvgIpc) is 3.45. The third kappa shape index (κ3) is 3.26. The minimum atomic E-state index is -3.50. The lowest BCUT2D eigenvalue weighted by atomic mass is 10.1. The molecule has 0 spiro atoms. The smallest absolute Gasteiger partial charge is 0.335 e. The van der Waals surface area contributed by atoms with Gasteiger partial charge in [0.05, 0.1) is 6.20 Å². The molecule has 0 aliphatic heterocycles. The van der Waals surface area contributed by atoms with Crippen molar-refractivity contribution in [3.8, 4) is 11.3 Å². The van der Waals surface area contributed by atoms with Crippen LogP contribution in [0.25, 0.3) is 22.7 Å². The van der Waals surface area contributed by atoms with Crippen LogP contribution in [-0.4, -0.2) is 45.2 Å². The zero-order valence-electron chi connectivity index (χ0n) is 16.7. The molecule has 4 aromatic heterocycles. The Balaban J connectivity index is 1.57. The molecule has 1 N–H and O–H groups in total. The van der Waals surface area contributed by atoms with Crippen LogP contribution in [0.15, 0.2) is 61.2 Å². The van der Waals surface area contributed by atoms with Gasteiger partial charge in [-0.05, 0) is 24.3 Å². The topological polar surface area (TPSA) is 111 Å². The number of alkyl halides is 2. The van der Waals surface area contributed by atoms with E-state index < -0.39 is 19.1 Å². The second kappa shape index (κ2) is 7.25. The highest BCUT2D eigenvalue weighted by Gasteiger charge is 2.40. The number of aromatic nitrogens is 7. The second-order valence-electron chi connectivity index (χ2n) is 7.13. The summed E-state index contributed by atoms with van der Waals surface area (Å²) in [6.07, 6.45) is 5.87. The van der Waals surface area contributed by atoms with Gasteiger partial charge in [-0.2, -0.15) is 18.4 Å². The third-order valence-electron chi connectivity index (χ3n) is 5.16. The maximum absolute atomic E-state index is 15.4. The van der Waals surface area contributed by atoms with Crippen molar-refractivity contribution in [2.24, 2.45) is 0 Å². The number of halogens is 2. The molecule has 0 radical (unpaired) electrons. The van der Waals surface area contributed by atoms with Crippen LogP contribution in [0.5, 0.6) is 0 Å². The minimum Gasteiger partial charge on any atom is -0.341 e. The second-order valence-corrected chi connectivity index (χ2v) is 9.68. The van der Waals surface area contributed by atoms with Crippen molar-refractivity contribution in [3.05, 3.63) is 72.6 Å². The Hall–Kier alpha value is -3.56. The fraction of sp³-hybridized carbons (Fsp3) is 0.150. The van der Waals surface area contributed by atoms with Crippen molar-refractivity contribution in [2.75, 3.05) is 6.16 Å². The maximum Gasteiger partial charge on any atom is 0.335 e. The molecule has 0 saturated carbocycles. The van der Waals surface area contributed by atoms with Gasteiger partial charge in [-0.15, -0.1) is 10.2 Å². The van der Waals surface area contributed by atoms with Crippen LogP contribution in [0.4, 0.5) is 8.78 Å². The van der Waals surface area contributed by atoms with E-state index in [4.69, 9.17) is 0 Å². The summed E-state index contributed by atoms with van der Waals surface area (Å²) in [5.41, 5.74) is 1.07. The molecular weight excluding hydrogens is 439 g/mol. The minimum absolute atomic E-state index is 0.0744. The van der Waals surface area contributed by atoms with Gasteiger partial charge < -0.3 is 9.29 Å². The lowest BCUT2D eigenvalue weighted by Crippen LogP contribution is -2.21. The van der Waals surface area contributed by atoms with E-state index in [0.29, 0.717) is 16.5 Å². The number of rotatable bonds is 5. The number of pyridine rings is 1. The number of imidazole rings is 1. The molecule has 4 heterocycles. The molecule has 0 fully saturated rings. The van der Waals surface area contributed by atoms with Gasteiger partial charge in [0.15, 0.2) is 0 Å². The highest BCUT2D eigenvalue weighted by atomic mass is 31.2. The zero-order valence-corrected chi connectivity index (χ0v) is 17.6. The Labute approximate surface area is 179 Å². The number of benzene rings is 1. The molecule has 1 atom stereocenters. The van der Waals surface area contributed by atoms with E-state index in [1.54, 1.807) is 25.3 Å². The van der Waals surface area contributed by atoms with Crippen LogP contribution in [0.3, 0.4) is 0 Å². The molecular formula is C20H16F2N7O2P. The summed E-state index contributed by atoms with van der Waals surface area (Å²) in [5, 5.41) is 11.9. The molecule has 5 aromatic rings. The Bertz CT molecular complexity index is 1500. The Morgan fingerprint density at radius 3 is 2.62 bits per heavy atom. The van der Waals surface area contributed by atoms with Crippen molar-refractivity contribution in [1.29, 1.82) is 0 Å². The predicted octanol–water partition coefficient (Wildman–Crippen LogP) is 2.89. The highest BCUT2D eigenvalue weighted by molar-refractivity contribution is 7.66. The normalized spacial score (nSPS) is 14.1. The number of fused-ring (bicyclic) bond motifs is 2. The van der Waals surface area contributed by atoms with E-state index in [1.807, 2.05) is 0 Å². The van der Waals surface area contributed by atoms with Gasteiger partial charge in [-0.1, -0.05) is 19.1 Å². The van der Waals surface area contributed by atoms with Crippen molar-refractivity contribution in [3.63, 3.8) is 0 Å². The van der Waals surface area contributed by atoms with Gasteiger partial charge in [0.25, 0.3) is 5.78 Å². The molecule has 0 amide bonds. The summed E-state index contributed by atoms with van der Waals surface area (Å²) in [5.74, 6) is -4.25. The molecule has 9 nitrogen and oxygen atoms in total. The summed E-state index contributed by atoms with van der Waals surface area (Å²) < 4.78 is 45.3. The zero-order chi connectivity index (χ0) is 22.5. The standard InChI is InChI=1S/C20H16F2N7O2P/c1-2-32(30,31)15-6-3-13(4-7-15)16-11-24-19-26-25-18(29(19)27-16)20(21,22)14-5-8-17-23-9-10-28(17)12-14/h3-12H,2H2,1H3,(H,30,31). The largest absolute Gasteiger partial charge is 0.341 e. The fourth-order valence-electron chi connectivity index (χ4n) is 3.31. The Morgan fingerprint density at radius 1 is 1.09 bits per heavy atom. The van der Waals surface area contributed by atoms with Crippen LogP contribution in [0, 0.1) is 0 Å². The van der Waals surface area contributed by atoms with Crippen LogP contribution in [0.2, 0.25) is 0 Å². The lowest BCUT2D eigenvalue weighted by molar-refractivity contribution is 0.0301. The SMILES string of the molecule is CCP(=O)(O)c1ccc(-c2cnc3nnc(C(F)(F)c4ccc5nccn5c4)n3n2)cc1. The fourth-order valence-corrected chi connectivity index (χ4v) is 4.29. The van der Waals surface area contributed by atoms with E-state index in [0.717, 1.165) is 4.52 Å². The van der Waals surface area contributed by atoms with Crippen LogP contribution in [-0.2, 0) is 10.5 Å². The maximum atomic E-state index is 15.4. The van der Waals surface area contributed by atoms with Crippen LogP contribution < -0.4 is 5.30 Å². The van der Waals surface area contributed by atoms with E-state index in [-0.39, 0.29) is 23.2 Å². The van der Waals surface area contributed by atoms with E-state index >= 15 is 8.78 Å². The summed E-state index contributed by atoms with van der Waals surface area (Å²) >= 11 is 0. The molecule has 0 saturated heterocycles. The molecule has 162 valence electrons. The molecule has 0 aliphatic rings. The highest BCUT2D eigenvalue weighted by Crippen LogP contribution is 2.39. The van der Waals surface area contributed by atoms with Gasteiger partial charge >= 0.3 is 5.92 Å². The predicted molar refractivity (Wildman–Crippen MR) is 112 cm³/mol.